The maximum atomic E-state index is 10.7. The van der Waals surface area contributed by atoms with Crippen LogP contribution < -0.4 is 31.4 Å². The molecule has 0 atom stereocenters. The summed E-state index contributed by atoms with van der Waals surface area (Å²) in [6.07, 6.45) is 2.45. The van der Waals surface area contributed by atoms with Crippen LogP contribution in [0.5, 0.6) is 11.5 Å². The average Bonchev–Trinajstić information content (AvgIpc) is 3.61. The predicted octanol–water partition coefficient (Wildman–Crippen LogP) is 2.25. The number of anilines is 1. The van der Waals surface area contributed by atoms with Crippen molar-refractivity contribution in [3.8, 4) is 11.5 Å². The first kappa shape index (κ1) is 22.4. The second kappa shape index (κ2) is 11.2. The molecule has 0 aliphatic heterocycles. The van der Waals surface area contributed by atoms with Gasteiger partial charge in [0, 0.05) is 5.56 Å². The fraction of sp³-hybridized carbons (Fsp3) is 0.364. The Labute approximate surface area is 181 Å². The molecule has 1 aliphatic rings. The van der Waals surface area contributed by atoms with Crippen LogP contribution in [0.4, 0.5) is 10.5 Å². The van der Waals surface area contributed by atoms with E-state index in [1.165, 1.54) is 17.9 Å². The number of nitrogens with zero attached hydrogens (tertiary/aromatic N) is 2. The van der Waals surface area contributed by atoms with Crippen molar-refractivity contribution in [3.05, 3.63) is 54.1 Å². The van der Waals surface area contributed by atoms with Gasteiger partial charge in [0.2, 0.25) is 0 Å². The smallest absolute Gasteiger partial charge is 0.312 e. The van der Waals surface area contributed by atoms with E-state index in [1.807, 2.05) is 48.5 Å². The lowest BCUT2D eigenvalue weighted by atomic mass is 10.1. The third-order valence-electron chi connectivity index (χ3n) is 4.72. The molecule has 9 nitrogen and oxygen atoms in total. The Hall–Kier alpha value is -3.30. The molecule has 1 saturated carbocycles. The van der Waals surface area contributed by atoms with Crippen molar-refractivity contribution in [2.75, 3.05) is 38.6 Å². The number of hydrogen-bond acceptors (Lipinski definition) is 6. The van der Waals surface area contributed by atoms with Crippen LogP contribution in [0, 0.1) is 5.92 Å². The van der Waals surface area contributed by atoms with Crippen molar-refractivity contribution in [1.29, 1.82) is 0 Å². The maximum Gasteiger partial charge on any atom is 0.312 e. The molecule has 1 aliphatic carbocycles. The minimum Gasteiger partial charge on any atom is -0.497 e. The number of methoxy groups -OCH3 is 1. The Morgan fingerprint density at radius 1 is 1.13 bits per heavy atom. The molecule has 2 amide bonds. The van der Waals surface area contributed by atoms with E-state index in [4.69, 9.17) is 25.8 Å². The molecule has 0 aromatic heterocycles. The van der Waals surface area contributed by atoms with Crippen LogP contribution in [0.25, 0.3) is 0 Å². The monoisotopic (exact) mass is 427 g/mol. The molecule has 5 N–H and O–H groups in total. The van der Waals surface area contributed by atoms with Crippen LogP contribution in [0.2, 0.25) is 0 Å². The van der Waals surface area contributed by atoms with Gasteiger partial charge in [-0.2, -0.15) is 0 Å². The Morgan fingerprint density at radius 2 is 1.81 bits per heavy atom. The highest BCUT2D eigenvalue weighted by atomic mass is 16.5. The van der Waals surface area contributed by atoms with Crippen LogP contribution in [0.15, 0.2) is 53.5 Å². The first-order valence-corrected chi connectivity index (χ1v) is 10.1. The summed E-state index contributed by atoms with van der Waals surface area (Å²) < 4.78 is 16.5. The third kappa shape index (κ3) is 7.16. The topological polar surface area (TPSA) is 124 Å². The van der Waals surface area contributed by atoms with Gasteiger partial charge in [0.25, 0.3) is 0 Å². The lowest BCUT2D eigenvalue weighted by Crippen LogP contribution is -2.38. The number of carbonyl (C=O) groups is 1. The van der Waals surface area contributed by atoms with Crippen LogP contribution in [-0.4, -0.2) is 45.5 Å². The summed E-state index contributed by atoms with van der Waals surface area (Å²) >= 11 is 0. The maximum absolute atomic E-state index is 10.7. The summed E-state index contributed by atoms with van der Waals surface area (Å²) in [5.74, 6) is 9.04. The summed E-state index contributed by atoms with van der Waals surface area (Å²) in [6, 6.07) is 14.2. The van der Waals surface area contributed by atoms with E-state index >= 15 is 0 Å². The number of rotatable bonds is 11. The lowest BCUT2D eigenvalue weighted by molar-refractivity contribution is 0.132. The number of aliphatic imine (C=N–C) groups is 1. The Balaban J connectivity index is 1.69. The number of amidine groups is 1. The van der Waals surface area contributed by atoms with E-state index in [9.17, 15) is 4.79 Å². The predicted molar refractivity (Wildman–Crippen MR) is 119 cm³/mol. The SMILES string of the molecule is COc1ccc(N(N)/C(=N\COCC2CC2)c2ccc(OCCNC(N)=O)cc2)cc1. The number of benzene rings is 2. The molecule has 0 saturated heterocycles. The number of urea groups is 1. The van der Waals surface area contributed by atoms with Gasteiger partial charge in [-0.15, -0.1) is 0 Å². The molecule has 0 unspecified atom stereocenters. The second-order valence-electron chi connectivity index (χ2n) is 7.16. The van der Waals surface area contributed by atoms with Crippen LogP contribution in [0.1, 0.15) is 18.4 Å². The number of nitrogens with two attached hydrogens (primary N) is 2. The standard InChI is InChI=1S/C22H29N5O4/c1-29-19-10-6-18(7-11-19)27(24)21(26-15-30-14-16-2-3-16)17-4-8-20(9-5-17)31-13-12-25-22(23)28/h4-11,16H,2-3,12-15,24H2,1H3,(H3,23,25,28)/b26-21-. The van der Waals surface area contributed by atoms with Gasteiger partial charge in [0.05, 0.1) is 25.9 Å². The first-order valence-electron chi connectivity index (χ1n) is 10.1. The van der Waals surface area contributed by atoms with Gasteiger partial charge >= 0.3 is 6.03 Å². The first-order chi connectivity index (χ1) is 15.1. The van der Waals surface area contributed by atoms with Crippen molar-refractivity contribution in [2.24, 2.45) is 22.5 Å². The van der Waals surface area contributed by atoms with Gasteiger partial charge in [-0.3, -0.25) is 5.01 Å². The van der Waals surface area contributed by atoms with Gasteiger partial charge in [0.1, 0.15) is 24.8 Å². The molecule has 0 radical (unpaired) electrons. The number of hydrogen-bond donors (Lipinski definition) is 3. The number of hydrazine groups is 1. The quantitative estimate of drug-likeness (QED) is 0.166. The van der Waals surface area contributed by atoms with E-state index < -0.39 is 6.03 Å². The Bertz CT molecular complexity index is 866. The van der Waals surface area contributed by atoms with Crippen molar-refractivity contribution < 1.29 is 19.0 Å². The molecule has 2 aromatic rings. The molecule has 9 heteroatoms. The molecule has 0 spiro atoms. The summed E-state index contributed by atoms with van der Waals surface area (Å²) in [7, 11) is 1.62. The molecule has 31 heavy (non-hydrogen) atoms. The van der Waals surface area contributed by atoms with Crippen molar-refractivity contribution in [1.82, 2.24) is 5.32 Å². The highest BCUT2D eigenvalue weighted by Gasteiger charge is 2.21. The second-order valence-corrected chi connectivity index (χ2v) is 7.16. The number of nitrogens with one attached hydrogen (secondary N) is 1. The highest BCUT2D eigenvalue weighted by Crippen LogP contribution is 2.28. The molecule has 3 rings (SSSR count). The van der Waals surface area contributed by atoms with Crippen LogP contribution in [-0.2, 0) is 4.74 Å². The summed E-state index contributed by atoms with van der Waals surface area (Å²) in [5.41, 5.74) is 6.61. The zero-order valence-corrected chi connectivity index (χ0v) is 17.6. The summed E-state index contributed by atoms with van der Waals surface area (Å²) in [6.45, 7) is 1.59. The highest BCUT2D eigenvalue weighted by molar-refractivity contribution is 6.09. The van der Waals surface area contributed by atoms with E-state index in [-0.39, 0.29) is 6.73 Å². The largest absolute Gasteiger partial charge is 0.497 e. The fourth-order valence-electron chi connectivity index (χ4n) is 2.83. The van der Waals surface area contributed by atoms with E-state index in [0.29, 0.717) is 30.7 Å². The van der Waals surface area contributed by atoms with Crippen LogP contribution in [0.3, 0.4) is 0 Å². The number of carbonyl (C=O) groups excluding carboxylic acids is 1. The van der Waals surface area contributed by atoms with E-state index in [1.54, 1.807) is 7.11 Å². The van der Waals surface area contributed by atoms with Gasteiger partial charge in [-0.25, -0.2) is 15.6 Å². The van der Waals surface area contributed by atoms with Crippen molar-refractivity contribution in [3.63, 3.8) is 0 Å². The van der Waals surface area contributed by atoms with Crippen molar-refractivity contribution in [2.45, 2.75) is 12.8 Å². The molecule has 0 bridgehead atoms. The zero-order chi connectivity index (χ0) is 22.1. The summed E-state index contributed by atoms with van der Waals surface area (Å²) in [4.78, 5) is 15.3. The molecule has 166 valence electrons. The third-order valence-corrected chi connectivity index (χ3v) is 4.72. The fourth-order valence-corrected chi connectivity index (χ4v) is 2.83. The minimum absolute atomic E-state index is 0.229. The molecule has 2 aromatic carbocycles. The van der Waals surface area contributed by atoms with Gasteiger partial charge in [-0.1, -0.05) is 0 Å². The van der Waals surface area contributed by atoms with E-state index in [0.717, 1.165) is 23.6 Å². The van der Waals surface area contributed by atoms with Gasteiger partial charge in [-0.05, 0) is 67.3 Å². The lowest BCUT2D eigenvalue weighted by Gasteiger charge is -2.22. The molecular weight excluding hydrogens is 398 g/mol. The Kier molecular flexibility index (Phi) is 8.08. The normalized spacial score (nSPS) is 13.5. The zero-order valence-electron chi connectivity index (χ0n) is 17.6. The molecule has 1 fully saturated rings. The van der Waals surface area contributed by atoms with Gasteiger partial charge in [0.15, 0.2) is 5.84 Å². The molecule has 0 heterocycles. The summed E-state index contributed by atoms with van der Waals surface area (Å²) in [5, 5.41) is 4.00. The molecular formula is C22H29N5O4. The minimum atomic E-state index is -0.578. The average molecular weight is 428 g/mol. The van der Waals surface area contributed by atoms with Crippen LogP contribution >= 0.6 is 0 Å². The number of amides is 2. The number of ether oxygens (including phenoxy) is 3. The Morgan fingerprint density at radius 3 is 2.42 bits per heavy atom. The van der Waals surface area contributed by atoms with Gasteiger partial charge < -0.3 is 25.3 Å². The van der Waals surface area contributed by atoms with Crippen molar-refractivity contribution >= 4 is 17.6 Å². The van der Waals surface area contributed by atoms with E-state index in [2.05, 4.69) is 10.3 Å². The number of primary amides is 1.